The van der Waals surface area contributed by atoms with Gasteiger partial charge >= 0.3 is 0 Å². The first-order valence-electron chi connectivity index (χ1n) is 6.18. The van der Waals surface area contributed by atoms with Gasteiger partial charge in [-0.2, -0.15) is 5.10 Å². The first-order valence-corrected chi connectivity index (χ1v) is 6.56. The summed E-state index contributed by atoms with van der Waals surface area (Å²) in [5, 5.41) is 14.5. The summed E-state index contributed by atoms with van der Waals surface area (Å²) >= 11 is 6.09. The summed E-state index contributed by atoms with van der Waals surface area (Å²) in [5.41, 5.74) is 0.763. The lowest BCUT2D eigenvalue weighted by Crippen LogP contribution is -2.32. The third-order valence-electron chi connectivity index (χ3n) is 3.35. The minimum absolute atomic E-state index is 0.114. The van der Waals surface area contributed by atoms with Crippen LogP contribution in [0.5, 0.6) is 0 Å². The van der Waals surface area contributed by atoms with Gasteiger partial charge in [-0.1, -0.05) is 11.6 Å². The summed E-state index contributed by atoms with van der Waals surface area (Å²) in [6, 6.07) is 0. The van der Waals surface area contributed by atoms with Crippen LogP contribution in [0.25, 0.3) is 6.08 Å². The van der Waals surface area contributed by atoms with E-state index in [0.29, 0.717) is 24.7 Å². The molecular formula is C13H18ClN3O2. The van der Waals surface area contributed by atoms with Gasteiger partial charge in [-0.25, -0.2) is 0 Å². The number of carbonyl (C=O) groups is 1. The molecule has 0 aromatic carbocycles. The summed E-state index contributed by atoms with van der Waals surface area (Å²) in [6.45, 7) is 4.54. The zero-order valence-electron chi connectivity index (χ0n) is 11.4. The van der Waals surface area contributed by atoms with Crippen LogP contribution < -0.4 is 0 Å². The van der Waals surface area contributed by atoms with Crippen molar-refractivity contribution in [2.24, 2.45) is 7.05 Å². The van der Waals surface area contributed by atoms with Crippen LogP contribution in [0.15, 0.2) is 6.08 Å². The Bertz CT molecular complexity index is 534. The molecule has 1 aromatic rings. The van der Waals surface area contributed by atoms with Gasteiger partial charge in [0, 0.05) is 31.8 Å². The van der Waals surface area contributed by atoms with E-state index >= 15 is 0 Å². The number of hydrogen-bond donors (Lipinski definition) is 1. The SMILES string of the molecule is Cc1nn(C)c(Cl)c1/C=C/C(=O)N1CCC(C)(O)C1. The van der Waals surface area contributed by atoms with Crippen molar-refractivity contribution in [3.05, 3.63) is 22.5 Å². The number of amides is 1. The Labute approximate surface area is 117 Å². The van der Waals surface area contributed by atoms with Gasteiger partial charge in [-0.05, 0) is 26.3 Å². The van der Waals surface area contributed by atoms with E-state index in [4.69, 9.17) is 11.6 Å². The van der Waals surface area contributed by atoms with Crippen molar-refractivity contribution in [1.82, 2.24) is 14.7 Å². The van der Waals surface area contributed by atoms with Crippen molar-refractivity contribution in [1.29, 1.82) is 0 Å². The third-order valence-corrected chi connectivity index (χ3v) is 3.80. The van der Waals surface area contributed by atoms with Crippen LogP contribution in [0.3, 0.4) is 0 Å². The lowest BCUT2D eigenvalue weighted by molar-refractivity contribution is -0.125. The number of halogens is 1. The monoisotopic (exact) mass is 283 g/mol. The van der Waals surface area contributed by atoms with Crippen molar-refractivity contribution in [3.63, 3.8) is 0 Å². The summed E-state index contributed by atoms with van der Waals surface area (Å²) in [7, 11) is 1.76. The molecule has 1 unspecified atom stereocenters. The Morgan fingerprint density at radius 1 is 1.58 bits per heavy atom. The number of nitrogens with zero attached hydrogens (tertiary/aromatic N) is 3. The van der Waals surface area contributed by atoms with Crippen LogP contribution in [0.4, 0.5) is 0 Å². The van der Waals surface area contributed by atoms with E-state index in [1.54, 1.807) is 29.6 Å². The number of hydrogen-bond acceptors (Lipinski definition) is 3. The number of aromatic nitrogens is 2. The molecule has 1 aliphatic rings. The number of carbonyl (C=O) groups excluding carboxylic acids is 1. The molecule has 2 rings (SSSR count). The molecular weight excluding hydrogens is 266 g/mol. The lowest BCUT2D eigenvalue weighted by Gasteiger charge is -2.17. The van der Waals surface area contributed by atoms with Crippen LogP contribution in [-0.4, -0.2) is 44.4 Å². The fourth-order valence-electron chi connectivity index (χ4n) is 2.23. The zero-order chi connectivity index (χ0) is 14.2. The molecule has 1 aromatic heterocycles. The molecule has 6 heteroatoms. The topological polar surface area (TPSA) is 58.4 Å². The second-order valence-corrected chi connectivity index (χ2v) is 5.61. The minimum atomic E-state index is -0.772. The second-order valence-electron chi connectivity index (χ2n) is 5.25. The van der Waals surface area contributed by atoms with Gasteiger partial charge in [0.05, 0.1) is 11.3 Å². The summed E-state index contributed by atoms with van der Waals surface area (Å²) < 4.78 is 1.57. The fraction of sp³-hybridized carbons (Fsp3) is 0.538. The van der Waals surface area contributed by atoms with E-state index in [-0.39, 0.29) is 5.91 Å². The average molecular weight is 284 g/mol. The van der Waals surface area contributed by atoms with E-state index < -0.39 is 5.60 Å². The number of likely N-dealkylation sites (tertiary alicyclic amines) is 1. The van der Waals surface area contributed by atoms with E-state index in [2.05, 4.69) is 5.10 Å². The summed E-state index contributed by atoms with van der Waals surface area (Å²) in [5.74, 6) is -0.114. The van der Waals surface area contributed by atoms with Gasteiger partial charge in [0.15, 0.2) is 0 Å². The van der Waals surface area contributed by atoms with Gasteiger partial charge in [-0.3, -0.25) is 9.48 Å². The fourth-order valence-corrected chi connectivity index (χ4v) is 2.47. The molecule has 1 aliphatic heterocycles. The van der Waals surface area contributed by atoms with Crippen molar-refractivity contribution >= 4 is 23.6 Å². The molecule has 0 aliphatic carbocycles. The van der Waals surface area contributed by atoms with Crippen molar-refractivity contribution in [3.8, 4) is 0 Å². The predicted octanol–water partition coefficient (Wildman–Crippen LogP) is 1.38. The molecule has 0 saturated carbocycles. The number of aryl methyl sites for hydroxylation is 2. The van der Waals surface area contributed by atoms with Crippen molar-refractivity contribution < 1.29 is 9.90 Å². The summed E-state index contributed by atoms with van der Waals surface area (Å²) in [6.07, 6.45) is 3.77. The second kappa shape index (κ2) is 4.98. The maximum absolute atomic E-state index is 12.0. The molecule has 1 saturated heterocycles. The van der Waals surface area contributed by atoms with Crippen LogP contribution in [-0.2, 0) is 11.8 Å². The quantitative estimate of drug-likeness (QED) is 0.834. The Balaban J connectivity index is 2.09. The standard InChI is InChI=1S/C13H18ClN3O2/c1-9-10(12(14)16(3)15-9)4-5-11(18)17-7-6-13(2,19)8-17/h4-5,19H,6-8H2,1-3H3/b5-4+. The summed E-state index contributed by atoms with van der Waals surface area (Å²) in [4.78, 5) is 13.6. The highest BCUT2D eigenvalue weighted by atomic mass is 35.5. The zero-order valence-corrected chi connectivity index (χ0v) is 12.1. The highest BCUT2D eigenvalue weighted by molar-refractivity contribution is 6.31. The third kappa shape index (κ3) is 2.98. The van der Waals surface area contributed by atoms with E-state index in [9.17, 15) is 9.90 Å². The Morgan fingerprint density at radius 2 is 2.26 bits per heavy atom. The van der Waals surface area contributed by atoms with Crippen LogP contribution in [0.1, 0.15) is 24.6 Å². The number of β-amino-alcohol motifs (C(OH)–C–C–N with tert-alkyl or cyclic N) is 1. The van der Waals surface area contributed by atoms with E-state index in [1.165, 1.54) is 6.08 Å². The minimum Gasteiger partial charge on any atom is -0.388 e. The van der Waals surface area contributed by atoms with Crippen LogP contribution >= 0.6 is 11.6 Å². The van der Waals surface area contributed by atoms with E-state index in [1.807, 2.05) is 6.92 Å². The molecule has 0 spiro atoms. The molecule has 104 valence electrons. The molecule has 0 bridgehead atoms. The highest BCUT2D eigenvalue weighted by Crippen LogP contribution is 2.22. The maximum atomic E-state index is 12.0. The van der Waals surface area contributed by atoms with Gasteiger partial charge in [0.2, 0.25) is 5.91 Å². The number of aliphatic hydroxyl groups is 1. The Kier molecular flexibility index (Phi) is 3.69. The normalized spacial score (nSPS) is 23.5. The molecule has 1 N–H and O–H groups in total. The van der Waals surface area contributed by atoms with Crippen LogP contribution in [0, 0.1) is 6.92 Å². The molecule has 19 heavy (non-hydrogen) atoms. The first kappa shape index (κ1) is 14.1. The Morgan fingerprint density at radius 3 is 2.74 bits per heavy atom. The van der Waals surface area contributed by atoms with Crippen molar-refractivity contribution in [2.75, 3.05) is 13.1 Å². The molecule has 2 heterocycles. The van der Waals surface area contributed by atoms with Gasteiger partial charge in [-0.15, -0.1) is 0 Å². The first-order chi connectivity index (χ1) is 8.80. The van der Waals surface area contributed by atoms with E-state index in [0.717, 1.165) is 11.3 Å². The molecule has 0 radical (unpaired) electrons. The Hall–Kier alpha value is -1.33. The largest absolute Gasteiger partial charge is 0.388 e. The van der Waals surface area contributed by atoms with Crippen LogP contribution in [0.2, 0.25) is 5.15 Å². The maximum Gasteiger partial charge on any atom is 0.246 e. The van der Waals surface area contributed by atoms with Gasteiger partial charge in [0.1, 0.15) is 5.15 Å². The van der Waals surface area contributed by atoms with Gasteiger partial charge in [0.25, 0.3) is 0 Å². The molecule has 1 fully saturated rings. The number of rotatable bonds is 2. The van der Waals surface area contributed by atoms with Crippen molar-refractivity contribution in [2.45, 2.75) is 25.9 Å². The molecule has 5 nitrogen and oxygen atoms in total. The predicted molar refractivity (Wildman–Crippen MR) is 73.8 cm³/mol. The lowest BCUT2D eigenvalue weighted by atomic mass is 10.1. The average Bonchev–Trinajstić information content (AvgIpc) is 2.79. The molecule has 1 amide bonds. The molecule has 1 atom stereocenters. The van der Waals surface area contributed by atoms with Gasteiger partial charge < -0.3 is 10.0 Å². The smallest absolute Gasteiger partial charge is 0.246 e. The highest BCUT2D eigenvalue weighted by Gasteiger charge is 2.33.